The third kappa shape index (κ3) is 13.1. The van der Waals surface area contributed by atoms with Crippen molar-refractivity contribution in [2.45, 2.75) is 84.6 Å². The summed E-state index contributed by atoms with van der Waals surface area (Å²) in [6.45, 7) is 6.81. The molecule has 0 saturated carbocycles. The number of carbonyl (C=O) groups is 1. The third-order valence-electron chi connectivity index (χ3n) is 6.67. The van der Waals surface area contributed by atoms with Gasteiger partial charge in [-0.25, -0.2) is 0 Å². The Morgan fingerprint density at radius 2 is 1.42 bits per heavy atom. The maximum Gasteiger partial charge on any atom is 0.314 e. The molecular formula is C32H50NO3+. The van der Waals surface area contributed by atoms with Crippen LogP contribution in [-0.4, -0.2) is 44.3 Å². The molecular weight excluding hydrogens is 446 g/mol. The molecule has 2 aromatic rings. The number of nitrogens with zero attached hydrogens (tertiary/aromatic N) is 1. The van der Waals surface area contributed by atoms with Crippen LogP contribution < -0.4 is 4.74 Å². The fourth-order valence-electron chi connectivity index (χ4n) is 4.74. The van der Waals surface area contributed by atoms with E-state index in [9.17, 15) is 4.79 Å². The quantitative estimate of drug-likeness (QED) is 0.114. The van der Waals surface area contributed by atoms with Crippen molar-refractivity contribution >= 4 is 5.97 Å². The molecule has 4 heteroatoms. The van der Waals surface area contributed by atoms with Crippen molar-refractivity contribution in [3.05, 3.63) is 65.7 Å². The molecule has 0 saturated heterocycles. The summed E-state index contributed by atoms with van der Waals surface area (Å²) in [5, 5.41) is 0. The van der Waals surface area contributed by atoms with Gasteiger partial charge in [-0.05, 0) is 37.5 Å². The van der Waals surface area contributed by atoms with Gasteiger partial charge in [0.15, 0.2) is 0 Å². The number of benzene rings is 2. The van der Waals surface area contributed by atoms with Crippen molar-refractivity contribution in [3.63, 3.8) is 0 Å². The second kappa shape index (κ2) is 17.2. The van der Waals surface area contributed by atoms with Crippen molar-refractivity contribution in [3.8, 4) is 5.75 Å². The Kier molecular flexibility index (Phi) is 14.3. The third-order valence-corrected chi connectivity index (χ3v) is 6.67. The fourth-order valence-corrected chi connectivity index (χ4v) is 4.74. The molecule has 0 aromatic heterocycles. The molecule has 4 nitrogen and oxygen atoms in total. The molecule has 0 spiro atoms. The number of hydrogen-bond acceptors (Lipinski definition) is 3. The number of hydrogen-bond donors (Lipinski definition) is 0. The summed E-state index contributed by atoms with van der Waals surface area (Å²) < 4.78 is 12.1. The van der Waals surface area contributed by atoms with Gasteiger partial charge in [-0.1, -0.05) is 94.3 Å². The van der Waals surface area contributed by atoms with E-state index < -0.39 is 0 Å². The Morgan fingerprint density at radius 1 is 0.778 bits per heavy atom. The standard InChI is InChI=1S/C32H50NO3/c1-5-6-7-8-9-10-11-13-17-29-20-22-31(23-21-29)35-24-16-25-36-32(34)28(2)26-33(3,4)27-30-18-14-12-15-19-30/h12,14-15,18-23,28H,5-11,13,16-17,24-27H2,1-4H3/q+1. The maximum atomic E-state index is 12.5. The smallest absolute Gasteiger partial charge is 0.314 e. The molecule has 1 unspecified atom stereocenters. The van der Waals surface area contributed by atoms with E-state index in [-0.39, 0.29) is 11.9 Å². The van der Waals surface area contributed by atoms with Gasteiger partial charge in [0.25, 0.3) is 0 Å². The Balaban J connectivity index is 1.54. The summed E-state index contributed by atoms with van der Waals surface area (Å²) in [5.41, 5.74) is 2.66. The summed E-state index contributed by atoms with van der Waals surface area (Å²) in [5.74, 6) is 0.618. The van der Waals surface area contributed by atoms with Gasteiger partial charge in [-0.3, -0.25) is 4.79 Å². The van der Waals surface area contributed by atoms with Crippen molar-refractivity contribution in [2.24, 2.45) is 5.92 Å². The van der Waals surface area contributed by atoms with Crippen LogP contribution in [0.15, 0.2) is 54.6 Å². The molecule has 0 radical (unpaired) electrons. The molecule has 0 heterocycles. The minimum absolute atomic E-state index is 0.125. The Hall–Kier alpha value is -2.33. The number of rotatable bonds is 19. The Morgan fingerprint density at radius 3 is 2.08 bits per heavy atom. The minimum atomic E-state index is -0.141. The van der Waals surface area contributed by atoms with E-state index in [1.165, 1.54) is 62.5 Å². The van der Waals surface area contributed by atoms with E-state index in [4.69, 9.17) is 9.47 Å². The lowest BCUT2D eigenvalue weighted by atomic mass is 10.0. The number of carbonyl (C=O) groups excluding carboxylic acids is 1. The highest BCUT2D eigenvalue weighted by Crippen LogP contribution is 2.16. The zero-order valence-corrected chi connectivity index (χ0v) is 23.3. The molecule has 0 amide bonds. The van der Waals surface area contributed by atoms with E-state index in [0.29, 0.717) is 19.6 Å². The van der Waals surface area contributed by atoms with Crippen molar-refractivity contribution < 1.29 is 18.8 Å². The molecule has 0 aliphatic carbocycles. The highest BCUT2D eigenvalue weighted by atomic mass is 16.5. The number of unbranched alkanes of at least 4 members (excludes halogenated alkanes) is 7. The van der Waals surface area contributed by atoms with Crippen molar-refractivity contribution in [1.29, 1.82) is 0 Å². The van der Waals surface area contributed by atoms with Gasteiger partial charge in [-0.2, -0.15) is 0 Å². The van der Waals surface area contributed by atoms with Gasteiger partial charge >= 0.3 is 5.97 Å². The second-order valence-corrected chi connectivity index (χ2v) is 10.9. The average Bonchev–Trinajstić information content (AvgIpc) is 2.86. The normalized spacial score (nSPS) is 12.3. The van der Waals surface area contributed by atoms with Crippen LogP contribution in [0, 0.1) is 5.92 Å². The zero-order chi connectivity index (χ0) is 26.1. The zero-order valence-electron chi connectivity index (χ0n) is 23.3. The second-order valence-electron chi connectivity index (χ2n) is 10.9. The van der Waals surface area contributed by atoms with Gasteiger partial charge in [0, 0.05) is 12.0 Å². The molecule has 0 aliphatic rings. The molecule has 2 aromatic carbocycles. The first-order valence-electron chi connectivity index (χ1n) is 14.1. The molecule has 0 bridgehead atoms. The highest BCUT2D eigenvalue weighted by Gasteiger charge is 2.25. The molecule has 36 heavy (non-hydrogen) atoms. The van der Waals surface area contributed by atoms with Crippen molar-refractivity contribution in [1.82, 2.24) is 0 Å². The largest absolute Gasteiger partial charge is 0.493 e. The van der Waals surface area contributed by atoms with E-state index in [1.807, 2.05) is 13.0 Å². The summed E-state index contributed by atoms with van der Waals surface area (Å²) in [7, 11) is 4.32. The summed E-state index contributed by atoms with van der Waals surface area (Å²) in [6, 6.07) is 18.9. The van der Waals surface area contributed by atoms with E-state index in [2.05, 4.69) is 69.6 Å². The van der Waals surface area contributed by atoms with Crippen LogP contribution in [0.1, 0.15) is 82.8 Å². The minimum Gasteiger partial charge on any atom is -0.493 e. The summed E-state index contributed by atoms with van der Waals surface area (Å²) in [4.78, 5) is 12.5. The van der Waals surface area contributed by atoms with Crippen LogP contribution in [0.2, 0.25) is 0 Å². The highest BCUT2D eigenvalue weighted by molar-refractivity contribution is 5.72. The fraction of sp³-hybridized carbons (Fsp3) is 0.594. The molecule has 0 aliphatic heterocycles. The van der Waals surface area contributed by atoms with E-state index in [0.717, 1.165) is 29.7 Å². The molecule has 1 atom stereocenters. The Labute approximate surface area is 220 Å². The predicted molar refractivity (Wildman–Crippen MR) is 150 cm³/mol. The van der Waals surface area contributed by atoms with Crippen LogP contribution >= 0.6 is 0 Å². The lowest BCUT2D eigenvalue weighted by Crippen LogP contribution is -2.44. The Bertz CT molecular complexity index is 832. The van der Waals surface area contributed by atoms with Crippen LogP contribution in [0.3, 0.4) is 0 Å². The summed E-state index contributed by atoms with van der Waals surface area (Å²) in [6.07, 6.45) is 12.7. The van der Waals surface area contributed by atoms with Crippen LogP contribution in [0.4, 0.5) is 0 Å². The first kappa shape index (κ1) is 29.9. The number of aryl methyl sites for hydroxylation is 1. The lowest BCUT2D eigenvalue weighted by Gasteiger charge is -2.31. The molecule has 0 fully saturated rings. The first-order chi connectivity index (χ1) is 17.4. The topological polar surface area (TPSA) is 35.5 Å². The van der Waals surface area contributed by atoms with Crippen LogP contribution in [0.5, 0.6) is 5.75 Å². The number of esters is 1. The van der Waals surface area contributed by atoms with Gasteiger partial charge in [-0.15, -0.1) is 0 Å². The lowest BCUT2D eigenvalue weighted by molar-refractivity contribution is -0.905. The van der Waals surface area contributed by atoms with Crippen LogP contribution in [-0.2, 0) is 22.5 Å². The SMILES string of the molecule is CCCCCCCCCCc1ccc(OCCCOC(=O)C(C)C[N+](C)(C)Cc2ccccc2)cc1. The van der Waals surface area contributed by atoms with Crippen molar-refractivity contribution in [2.75, 3.05) is 33.9 Å². The molecule has 2 rings (SSSR count). The average molecular weight is 497 g/mol. The van der Waals surface area contributed by atoms with Crippen LogP contribution in [0.25, 0.3) is 0 Å². The van der Waals surface area contributed by atoms with Gasteiger partial charge in [0.2, 0.25) is 0 Å². The van der Waals surface area contributed by atoms with Gasteiger partial charge < -0.3 is 14.0 Å². The van der Waals surface area contributed by atoms with E-state index >= 15 is 0 Å². The van der Waals surface area contributed by atoms with Gasteiger partial charge in [0.1, 0.15) is 18.2 Å². The number of quaternary nitrogens is 1. The van der Waals surface area contributed by atoms with Gasteiger partial charge in [0.05, 0.1) is 33.9 Å². The number of ether oxygens (including phenoxy) is 2. The summed E-state index contributed by atoms with van der Waals surface area (Å²) >= 11 is 0. The molecule has 0 N–H and O–H groups in total. The molecule has 200 valence electrons. The van der Waals surface area contributed by atoms with E-state index in [1.54, 1.807) is 0 Å². The predicted octanol–water partition coefficient (Wildman–Crippen LogP) is 7.59. The first-order valence-corrected chi connectivity index (χ1v) is 14.1. The maximum absolute atomic E-state index is 12.5. The monoisotopic (exact) mass is 496 g/mol.